The van der Waals surface area contributed by atoms with E-state index in [1.165, 1.54) is 18.2 Å². The predicted octanol–water partition coefficient (Wildman–Crippen LogP) is 3.28. The van der Waals surface area contributed by atoms with Crippen LogP contribution in [0.3, 0.4) is 0 Å². The smallest absolute Gasteiger partial charge is 0.252 e. The standard InChI is InChI=1S/C12H13BrFNO/c1-3-4-8(2)15-12(16)10-7-9(14)5-6-11(10)13/h3,5-8H,1,4H2,2H3,(H,15,16). The summed E-state index contributed by atoms with van der Waals surface area (Å²) in [6.07, 6.45) is 2.41. The van der Waals surface area contributed by atoms with Crippen molar-refractivity contribution >= 4 is 21.8 Å². The van der Waals surface area contributed by atoms with Crippen molar-refractivity contribution in [2.45, 2.75) is 19.4 Å². The van der Waals surface area contributed by atoms with Gasteiger partial charge in [-0.25, -0.2) is 4.39 Å². The van der Waals surface area contributed by atoms with E-state index in [9.17, 15) is 9.18 Å². The topological polar surface area (TPSA) is 29.1 Å². The Hall–Kier alpha value is -1.16. The molecular weight excluding hydrogens is 273 g/mol. The SMILES string of the molecule is C=CCC(C)NC(=O)c1cc(F)ccc1Br. The van der Waals surface area contributed by atoms with Crippen LogP contribution in [0.25, 0.3) is 0 Å². The molecule has 4 heteroatoms. The number of nitrogens with one attached hydrogen (secondary N) is 1. The van der Waals surface area contributed by atoms with E-state index in [1.807, 2.05) is 6.92 Å². The van der Waals surface area contributed by atoms with Gasteiger partial charge in [-0.2, -0.15) is 0 Å². The van der Waals surface area contributed by atoms with Crippen molar-refractivity contribution in [1.82, 2.24) is 5.32 Å². The molecule has 1 aromatic rings. The minimum absolute atomic E-state index is 0.0137. The van der Waals surface area contributed by atoms with Crippen molar-refractivity contribution in [2.75, 3.05) is 0 Å². The van der Waals surface area contributed by atoms with Crippen LogP contribution in [0.1, 0.15) is 23.7 Å². The van der Waals surface area contributed by atoms with Gasteiger partial charge in [0.05, 0.1) is 5.56 Å². The van der Waals surface area contributed by atoms with Crippen molar-refractivity contribution < 1.29 is 9.18 Å². The zero-order valence-corrected chi connectivity index (χ0v) is 10.6. The number of carbonyl (C=O) groups is 1. The Morgan fingerprint density at radius 1 is 1.69 bits per heavy atom. The largest absolute Gasteiger partial charge is 0.349 e. The van der Waals surface area contributed by atoms with E-state index in [2.05, 4.69) is 27.8 Å². The molecule has 86 valence electrons. The molecule has 0 saturated carbocycles. The van der Waals surface area contributed by atoms with Crippen LogP contribution in [-0.4, -0.2) is 11.9 Å². The van der Waals surface area contributed by atoms with E-state index < -0.39 is 5.82 Å². The minimum atomic E-state index is -0.426. The first kappa shape index (κ1) is 12.9. The third kappa shape index (κ3) is 3.45. The molecule has 0 heterocycles. The van der Waals surface area contributed by atoms with Crippen LogP contribution in [0.15, 0.2) is 35.3 Å². The molecule has 1 unspecified atom stereocenters. The van der Waals surface area contributed by atoms with Crippen LogP contribution < -0.4 is 5.32 Å². The monoisotopic (exact) mass is 285 g/mol. The number of hydrogen-bond acceptors (Lipinski definition) is 1. The molecule has 0 aliphatic carbocycles. The predicted molar refractivity (Wildman–Crippen MR) is 65.8 cm³/mol. The second-order valence-electron chi connectivity index (χ2n) is 3.52. The van der Waals surface area contributed by atoms with E-state index in [0.717, 1.165) is 0 Å². The van der Waals surface area contributed by atoms with Crippen molar-refractivity contribution in [3.63, 3.8) is 0 Å². The van der Waals surface area contributed by atoms with E-state index in [0.29, 0.717) is 16.5 Å². The van der Waals surface area contributed by atoms with Crippen LogP contribution in [0.4, 0.5) is 4.39 Å². The highest BCUT2D eigenvalue weighted by molar-refractivity contribution is 9.10. The summed E-state index contributed by atoms with van der Waals surface area (Å²) in [6, 6.07) is 4.01. The molecule has 16 heavy (non-hydrogen) atoms. The van der Waals surface area contributed by atoms with Gasteiger partial charge in [0.2, 0.25) is 0 Å². The summed E-state index contributed by atoms with van der Waals surface area (Å²) in [7, 11) is 0. The van der Waals surface area contributed by atoms with Gasteiger partial charge in [-0.1, -0.05) is 6.08 Å². The number of hydrogen-bond donors (Lipinski definition) is 1. The quantitative estimate of drug-likeness (QED) is 0.845. The first-order valence-electron chi connectivity index (χ1n) is 4.91. The summed E-state index contributed by atoms with van der Waals surface area (Å²) in [5.74, 6) is -0.717. The van der Waals surface area contributed by atoms with Crippen LogP contribution >= 0.6 is 15.9 Å². The van der Waals surface area contributed by atoms with E-state index in [4.69, 9.17) is 0 Å². The third-order valence-corrected chi connectivity index (χ3v) is 2.76. The van der Waals surface area contributed by atoms with Crippen molar-refractivity contribution in [3.05, 3.63) is 46.7 Å². The van der Waals surface area contributed by atoms with Crippen molar-refractivity contribution in [3.8, 4) is 0 Å². The van der Waals surface area contributed by atoms with Crippen molar-refractivity contribution in [1.29, 1.82) is 0 Å². The molecule has 1 atom stereocenters. The van der Waals surface area contributed by atoms with E-state index >= 15 is 0 Å². The molecule has 1 rings (SSSR count). The van der Waals surface area contributed by atoms with Gasteiger partial charge in [-0.3, -0.25) is 4.79 Å². The fourth-order valence-electron chi connectivity index (χ4n) is 1.28. The Bertz CT molecular complexity index is 406. The van der Waals surface area contributed by atoms with Gasteiger partial charge in [-0.15, -0.1) is 6.58 Å². The molecule has 0 spiro atoms. The fraction of sp³-hybridized carbons (Fsp3) is 0.250. The van der Waals surface area contributed by atoms with Crippen molar-refractivity contribution in [2.24, 2.45) is 0 Å². The van der Waals surface area contributed by atoms with Gasteiger partial charge in [-0.05, 0) is 47.5 Å². The Morgan fingerprint density at radius 3 is 3.00 bits per heavy atom. The second kappa shape index (κ2) is 5.80. The molecule has 0 fully saturated rings. The summed E-state index contributed by atoms with van der Waals surface area (Å²) >= 11 is 3.21. The van der Waals surface area contributed by atoms with Crippen LogP contribution in [-0.2, 0) is 0 Å². The fourth-order valence-corrected chi connectivity index (χ4v) is 1.71. The maximum atomic E-state index is 13.0. The van der Waals surface area contributed by atoms with Gasteiger partial charge in [0, 0.05) is 10.5 Å². The number of rotatable bonds is 4. The molecular formula is C12H13BrFNO. The Morgan fingerprint density at radius 2 is 2.38 bits per heavy atom. The molecule has 2 nitrogen and oxygen atoms in total. The number of carbonyl (C=O) groups excluding carboxylic acids is 1. The third-order valence-electron chi connectivity index (χ3n) is 2.07. The zero-order chi connectivity index (χ0) is 12.1. The van der Waals surface area contributed by atoms with Gasteiger partial charge >= 0.3 is 0 Å². The van der Waals surface area contributed by atoms with Gasteiger partial charge in [0.1, 0.15) is 5.82 Å². The zero-order valence-electron chi connectivity index (χ0n) is 8.97. The van der Waals surface area contributed by atoms with Crippen LogP contribution in [0.2, 0.25) is 0 Å². The normalized spacial score (nSPS) is 11.9. The summed E-state index contributed by atoms with van der Waals surface area (Å²) in [4.78, 5) is 11.8. The van der Waals surface area contributed by atoms with E-state index in [-0.39, 0.29) is 11.9 Å². The molecule has 0 aromatic heterocycles. The Balaban J connectivity index is 2.80. The van der Waals surface area contributed by atoms with Gasteiger partial charge in [0.25, 0.3) is 5.91 Å². The first-order chi connectivity index (χ1) is 7.54. The molecule has 0 bridgehead atoms. The number of benzene rings is 1. The minimum Gasteiger partial charge on any atom is -0.349 e. The highest BCUT2D eigenvalue weighted by atomic mass is 79.9. The number of halogens is 2. The lowest BCUT2D eigenvalue weighted by atomic mass is 10.1. The Kier molecular flexibility index (Phi) is 4.68. The highest BCUT2D eigenvalue weighted by Gasteiger charge is 2.12. The second-order valence-corrected chi connectivity index (χ2v) is 4.38. The first-order valence-corrected chi connectivity index (χ1v) is 5.70. The molecule has 0 radical (unpaired) electrons. The average Bonchev–Trinajstić information content (AvgIpc) is 2.21. The Labute approximate surface area is 103 Å². The lowest BCUT2D eigenvalue weighted by Crippen LogP contribution is -2.32. The molecule has 1 aromatic carbocycles. The summed E-state index contributed by atoms with van der Waals surface area (Å²) in [6.45, 7) is 5.46. The lowest BCUT2D eigenvalue weighted by Gasteiger charge is -2.12. The highest BCUT2D eigenvalue weighted by Crippen LogP contribution is 2.17. The molecule has 1 N–H and O–H groups in total. The molecule has 1 amide bonds. The maximum absolute atomic E-state index is 13.0. The summed E-state index contributed by atoms with van der Waals surface area (Å²) in [5, 5.41) is 2.76. The summed E-state index contributed by atoms with van der Waals surface area (Å²) < 4.78 is 13.6. The van der Waals surface area contributed by atoms with Crippen LogP contribution in [0, 0.1) is 5.82 Å². The molecule has 0 saturated heterocycles. The average molecular weight is 286 g/mol. The van der Waals surface area contributed by atoms with Gasteiger partial charge < -0.3 is 5.32 Å². The lowest BCUT2D eigenvalue weighted by molar-refractivity contribution is 0.0939. The maximum Gasteiger partial charge on any atom is 0.252 e. The van der Waals surface area contributed by atoms with Crippen LogP contribution in [0.5, 0.6) is 0 Å². The van der Waals surface area contributed by atoms with E-state index in [1.54, 1.807) is 6.08 Å². The van der Waals surface area contributed by atoms with Gasteiger partial charge in [0.15, 0.2) is 0 Å². The molecule has 0 aliphatic rings. The summed E-state index contributed by atoms with van der Waals surface area (Å²) in [5.41, 5.74) is 0.302. The molecule has 0 aliphatic heterocycles. The number of amides is 1.